The van der Waals surface area contributed by atoms with Crippen LogP contribution in [-0.4, -0.2) is 19.2 Å². The summed E-state index contributed by atoms with van der Waals surface area (Å²) in [5, 5.41) is 9.55. The standard InChI is InChI=1S/C10H15NO.C2H6/c1-4-8-6-5-7-9(12)10(8)11(2)3;1-2/h5-7,12H,4H2,1-3H3;1-2H3. The van der Waals surface area contributed by atoms with Gasteiger partial charge in [0, 0.05) is 14.1 Å². The van der Waals surface area contributed by atoms with Gasteiger partial charge in [-0.05, 0) is 18.1 Å². The van der Waals surface area contributed by atoms with Crippen molar-refractivity contribution in [2.45, 2.75) is 27.2 Å². The lowest BCUT2D eigenvalue weighted by Gasteiger charge is -2.17. The van der Waals surface area contributed by atoms with E-state index in [4.69, 9.17) is 0 Å². The third-order valence-corrected chi connectivity index (χ3v) is 1.93. The molecule has 1 aromatic rings. The summed E-state index contributed by atoms with van der Waals surface area (Å²) < 4.78 is 0. The Morgan fingerprint density at radius 2 is 1.79 bits per heavy atom. The van der Waals surface area contributed by atoms with Crippen LogP contribution in [0, 0.1) is 0 Å². The average Bonchev–Trinajstić information content (AvgIpc) is 2.19. The number of nitrogens with zero attached hydrogens (tertiary/aromatic N) is 1. The van der Waals surface area contributed by atoms with E-state index in [-0.39, 0.29) is 0 Å². The van der Waals surface area contributed by atoms with E-state index in [1.54, 1.807) is 6.07 Å². The SMILES string of the molecule is CC.CCc1cccc(O)c1N(C)C. The van der Waals surface area contributed by atoms with E-state index in [2.05, 4.69) is 6.92 Å². The van der Waals surface area contributed by atoms with E-state index in [9.17, 15) is 5.11 Å². The summed E-state index contributed by atoms with van der Waals surface area (Å²) in [6.07, 6.45) is 0.946. The first kappa shape index (κ1) is 12.8. The molecule has 14 heavy (non-hydrogen) atoms. The molecule has 0 aliphatic carbocycles. The number of hydrogen-bond acceptors (Lipinski definition) is 2. The van der Waals surface area contributed by atoms with E-state index >= 15 is 0 Å². The van der Waals surface area contributed by atoms with Crippen LogP contribution in [0.25, 0.3) is 0 Å². The minimum Gasteiger partial charge on any atom is -0.506 e. The number of para-hydroxylation sites is 1. The van der Waals surface area contributed by atoms with Crippen molar-refractivity contribution < 1.29 is 5.11 Å². The fraction of sp³-hybridized carbons (Fsp3) is 0.500. The first-order valence-corrected chi connectivity index (χ1v) is 5.15. The Morgan fingerprint density at radius 3 is 2.14 bits per heavy atom. The van der Waals surface area contributed by atoms with Crippen LogP contribution in [0.5, 0.6) is 5.75 Å². The van der Waals surface area contributed by atoms with Gasteiger partial charge in [-0.1, -0.05) is 32.9 Å². The normalized spacial score (nSPS) is 8.93. The predicted molar refractivity (Wildman–Crippen MR) is 63.2 cm³/mol. The second-order valence-electron chi connectivity index (χ2n) is 3.03. The highest BCUT2D eigenvalue weighted by atomic mass is 16.3. The molecule has 0 bridgehead atoms. The Morgan fingerprint density at radius 1 is 1.21 bits per heavy atom. The molecule has 0 saturated carbocycles. The summed E-state index contributed by atoms with van der Waals surface area (Å²) in [5.74, 6) is 0.361. The van der Waals surface area contributed by atoms with Crippen molar-refractivity contribution in [3.05, 3.63) is 23.8 Å². The number of hydrogen-bond donors (Lipinski definition) is 1. The van der Waals surface area contributed by atoms with Crippen molar-refractivity contribution in [3.63, 3.8) is 0 Å². The average molecular weight is 195 g/mol. The van der Waals surface area contributed by atoms with Crippen LogP contribution in [-0.2, 0) is 6.42 Å². The zero-order valence-electron chi connectivity index (χ0n) is 9.83. The van der Waals surface area contributed by atoms with Crippen molar-refractivity contribution >= 4 is 5.69 Å². The zero-order valence-corrected chi connectivity index (χ0v) is 9.83. The van der Waals surface area contributed by atoms with E-state index in [0.717, 1.165) is 12.1 Å². The fourth-order valence-corrected chi connectivity index (χ4v) is 1.38. The molecule has 0 fully saturated rings. The van der Waals surface area contributed by atoms with Crippen LogP contribution in [0.15, 0.2) is 18.2 Å². The second-order valence-corrected chi connectivity index (χ2v) is 3.03. The molecule has 0 aromatic heterocycles. The first-order chi connectivity index (χ1) is 6.66. The molecular weight excluding hydrogens is 174 g/mol. The quantitative estimate of drug-likeness (QED) is 0.784. The summed E-state index contributed by atoms with van der Waals surface area (Å²) in [7, 11) is 3.88. The van der Waals surface area contributed by atoms with Gasteiger partial charge in [0.2, 0.25) is 0 Å². The lowest BCUT2D eigenvalue weighted by atomic mass is 10.1. The predicted octanol–water partition coefficient (Wildman–Crippen LogP) is 3.05. The maximum absolute atomic E-state index is 9.55. The summed E-state index contributed by atoms with van der Waals surface area (Å²) >= 11 is 0. The maximum atomic E-state index is 9.55. The smallest absolute Gasteiger partial charge is 0.139 e. The Kier molecular flexibility index (Phi) is 5.77. The van der Waals surface area contributed by atoms with Crippen LogP contribution < -0.4 is 4.90 Å². The highest BCUT2D eigenvalue weighted by Crippen LogP contribution is 2.29. The van der Waals surface area contributed by atoms with Gasteiger partial charge < -0.3 is 10.0 Å². The molecule has 2 nitrogen and oxygen atoms in total. The van der Waals surface area contributed by atoms with Gasteiger partial charge in [0.1, 0.15) is 5.75 Å². The molecule has 0 amide bonds. The number of anilines is 1. The molecule has 0 aliphatic heterocycles. The molecule has 2 heteroatoms. The lowest BCUT2D eigenvalue weighted by Crippen LogP contribution is -2.11. The summed E-state index contributed by atoms with van der Waals surface area (Å²) in [6.45, 7) is 6.09. The van der Waals surface area contributed by atoms with Gasteiger partial charge in [0.25, 0.3) is 0 Å². The van der Waals surface area contributed by atoms with E-state index < -0.39 is 0 Å². The topological polar surface area (TPSA) is 23.5 Å². The number of aromatic hydroxyl groups is 1. The molecule has 0 atom stereocenters. The fourth-order valence-electron chi connectivity index (χ4n) is 1.38. The third kappa shape index (κ3) is 2.95. The van der Waals surface area contributed by atoms with Gasteiger partial charge >= 0.3 is 0 Å². The van der Waals surface area contributed by atoms with Gasteiger partial charge in [0.15, 0.2) is 0 Å². The number of benzene rings is 1. The molecule has 0 aliphatic rings. The van der Waals surface area contributed by atoms with Gasteiger partial charge in [-0.15, -0.1) is 0 Å². The highest BCUT2D eigenvalue weighted by Gasteiger charge is 2.06. The van der Waals surface area contributed by atoms with Crippen molar-refractivity contribution in [1.29, 1.82) is 0 Å². The summed E-state index contributed by atoms with van der Waals surface area (Å²) in [4.78, 5) is 1.94. The molecule has 1 N–H and O–H groups in total. The Labute approximate surface area is 87.2 Å². The van der Waals surface area contributed by atoms with Gasteiger partial charge in [-0.2, -0.15) is 0 Å². The van der Waals surface area contributed by atoms with Crippen LogP contribution in [0.4, 0.5) is 5.69 Å². The van der Waals surface area contributed by atoms with Crippen LogP contribution >= 0.6 is 0 Å². The summed E-state index contributed by atoms with van der Waals surface area (Å²) in [5.41, 5.74) is 2.11. The van der Waals surface area contributed by atoms with Gasteiger partial charge in [-0.25, -0.2) is 0 Å². The van der Waals surface area contributed by atoms with E-state index in [1.807, 2.05) is 45.0 Å². The Balaban J connectivity index is 0.000000791. The van der Waals surface area contributed by atoms with Crippen LogP contribution in [0.3, 0.4) is 0 Å². The molecule has 0 unspecified atom stereocenters. The van der Waals surface area contributed by atoms with Crippen LogP contribution in [0.2, 0.25) is 0 Å². The van der Waals surface area contributed by atoms with E-state index in [0.29, 0.717) is 5.75 Å². The number of phenolic OH excluding ortho intramolecular Hbond substituents is 1. The van der Waals surface area contributed by atoms with Crippen molar-refractivity contribution in [3.8, 4) is 5.75 Å². The number of aryl methyl sites for hydroxylation is 1. The zero-order chi connectivity index (χ0) is 11.1. The van der Waals surface area contributed by atoms with Crippen molar-refractivity contribution in [1.82, 2.24) is 0 Å². The first-order valence-electron chi connectivity index (χ1n) is 5.15. The highest BCUT2D eigenvalue weighted by molar-refractivity contribution is 5.62. The lowest BCUT2D eigenvalue weighted by molar-refractivity contribution is 0.475. The molecule has 80 valence electrons. The van der Waals surface area contributed by atoms with Crippen LogP contribution in [0.1, 0.15) is 26.3 Å². The number of phenols is 1. The molecule has 0 radical (unpaired) electrons. The second kappa shape index (κ2) is 6.30. The van der Waals surface area contributed by atoms with E-state index in [1.165, 1.54) is 5.56 Å². The van der Waals surface area contributed by atoms with Crippen molar-refractivity contribution in [2.24, 2.45) is 0 Å². The number of rotatable bonds is 2. The minimum absolute atomic E-state index is 0.361. The molecule has 0 saturated heterocycles. The van der Waals surface area contributed by atoms with Crippen molar-refractivity contribution in [2.75, 3.05) is 19.0 Å². The Hall–Kier alpha value is -1.18. The Bertz CT molecular complexity index is 269. The molecule has 0 spiro atoms. The maximum Gasteiger partial charge on any atom is 0.139 e. The summed E-state index contributed by atoms with van der Waals surface area (Å²) in [6, 6.07) is 5.63. The monoisotopic (exact) mass is 195 g/mol. The molecule has 1 rings (SSSR count). The van der Waals surface area contributed by atoms with Gasteiger partial charge in [-0.3, -0.25) is 0 Å². The van der Waals surface area contributed by atoms with Gasteiger partial charge in [0.05, 0.1) is 5.69 Å². The largest absolute Gasteiger partial charge is 0.506 e. The molecule has 0 heterocycles. The minimum atomic E-state index is 0.361. The molecule has 1 aromatic carbocycles. The third-order valence-electron chi connectivity index (χ3n) is 1.93. The molecular formula is C12H21NO.